The SMILES string of the molecule is CC(O)CCN(C)CC(=O)NC(c1ccccc1)C1CCCC1. The topological polar surface area (TPSA) is 52.6 Å². The smallest absolute Gasteiger partial charge is 0.234 e. The first kappa shape index (κ1) is 18.0. The Kier molecular flexibility index (Phi) is 7.06. The van der Waals surface area contributed by atoms with E-state index in [4.69, 9.17) is 0 Å². The monoisotopic (exact) mass is 318 g/mol. The van der Waals surface area contributed by atoms with Gasteiger partial charge in [0.1, 0.15) is 0 Å². The highest BCUT2D eigenvalue weighted by atomic mass is 16.3. The van der Waals surface area contributed by atoms with Gasteiger partial charge in [-0.3, -0.25) is 9.69 Å². The summed E-state index contributed by atoms with van der Waals surface area (Å²) in [6.45, 7) is 2.88. The Morgan fingerprint density at radius 1 is 1.30 bits per heavy atom. The summed E-state index contributed by atoms with van der Waals surface area (Å²) in [6, 6.07) is 10.4. The molecule has 4 heteroatoms. The van der Waals surface area contributed by atoms with E-state index in [1.54, 1.807) is 6.92 Å². The van der Waals surface area contributed by atoms with Crippen molar-refractivity contribution in [2.24, 2.45) is 5.92 Å². The van der Waals surface area contributed by atoms with Crippen LogP contribution in [-0.4, -0.2) is 42.2 Å². The zero-order chi connectivity index (χ0) is 16.7. The molecule has 1 amide bonds. The molecule has 2 unspecified atom stereocenters. The molecule has 128 valence electrons. The van der Waals surface area contributed by atoms with Crippen molar-refractivity contribution in [3.05, 3.63) is 35.9 Å². The normalized spacial score (nSPS) is 18.1. The van der Waals surface area contributed by atoms with Gasteiger partial charge in [0.25, 0.3) is 0 Å². The van der Waals surface area contributed by atoms with Crippen molar-refractivity contribution in [2.45, 2.75) is 51.2 Å². The van der Waals surface area contributed by atoms with E-state index >= 15 is 0 Å². The van der Waals surface area contributed by atoms with E-state index in [1.807, 2.05) is 30.1 Å². The number of carbonyl (C=O) groups is 1. The van der Waals surface area contributed by atoms with Crippen molar-refractivity contribution in [2.75, 3.05) is 20.1 Å². The lowest BCUT2D eigenvalue weighted by Gasteiger charge is -2.26. The molecule has 1 aliphatic rings. The Balaban J connectivity index is 1.93. The molecule has 1 aliphatic carbocycles. The van der Waals surface area contributed by atoms with Crippen LogP contribution in [0.15, 0.2) is 30.3 Å². The molecular formula is C19H30N2O2. The minimum atomic E-state index is -0.323. The summed E-state index contributed by atoms with van der Waals surface area (Å²) in [5, 5.41) is 12.6. The van der Waals surface area contributed by atoms with Crippen molar-refractivity contribution in [1.82, 2.24) is 10.2 Å². The molecule has 0 aromatic heterocycles. The Morgan fingerprint density at radius 2 is 1.96 bits per heavy atom. The zero-order valence-electron chi connectivity index (χ0n) is 14.4. The number of benzene rings is 1. The van der Waals surface area contributed by atoms with Crippen LogP contribution in [0.1, 0.15) is 50.6 Å². The number of hydrogen-bond acceptors (Lipinski definition) is 3. The third-order valence-corrected chi connectivity index (χ3v) is 4.69. The van der Waals surface area contributed by atoms with Gasteiger partial charge in [-0.05, 0) is 44.7 Å². The molecular weight excluding hydrogens is 288 g/mol. The minimum Gasteiger partial charge on any atom is -0.393 e. The van der Waals surface area contributed by atoms with Crippen LogP contribution >= 0.6 is 0 Å². The fraction of sp³-hybridized carbons (Fsp3) is 0.632. The number of aliphatic hydroxyl groups excluding tert-OH is 1. The lowest BCUT2D eigenvalue weighted by Crippen LogP contribution is -2.40. The number of aliphatic hydroxyl groups is 1. The summed E-state index contributed by atoms with van der Waals surface area (Å²) in [5.74, 6) is 0.614. The molecule has 0 bridgehead atoms. The molecule has 0 aliphatic heterocycles. The number of amides is 1. The first-order valence-electron chi connectivity index (χ1n) is 8.77. The fourth-order valence-electron chi connectivity index (χ4n) is 3.37. The molecule has 4 nitrogen and oxygen atoms in total. The lowest BCUT2D eigenvalue weighted by atomic mass is 9.91. The Morgan fingerprint density at radius 3 is 2.57 bits per heavy atom. The highest BCUT2D eigenvalue weighted by Crippen LogP contribution is 2.35. The Bertz CT molecular complexity index is 470. The fourth-order valence-corrected chi connectivity index (χ4v) is 3.37. The maximum atomic E-state index is 12.4. The molecule has 0 radical (unpaired) electrons. The maximum absolute atomic E-state index is 12.4. The van der Waals surface area contributed by atoms with E-state index in [9.17, 15) is 9.90 Å². The zero-order valence-corrected chi connectivity index (χ0v) is 14.4. The first-order valence-corrected chi connectivity index (χ1v) is 8.77. The molecule has 1 fully saturated rings. The number of nitrogens with zero attached hydrogens (tertiary/aromatic N) is 1. The summed E-state index contributed by atoms with van der Waals surface area (Å²) in [7, 11) is 1.93. The second-order valence-corrected chi connectivity index (χ2v) is 6.88. The van der Waals surface area contributed by atoms with Crippen molar-refractivity contribution in [3.63, 3.8) is 0 Å². The number of rotatable bonds is 8. The second-order valence-electron chi connectivity index (χ2n) is 6.88. The summed E-state index contributed by atoms with van der Waals surface area (Å²) in [6.07, 6.45) is 5.27. The molecule has 1 aromatic carbocycles. The summed E-state index contributed by atoms with van der Waals surface area (Å²) in [4.78, 5) is 14.4. The van der Waals surface area contributed by atoms with E-state index in [2.05, 4.69) is 17.4 Å². The van der Waals surface area contributed by atoms with Gasteiger partial charge in [-0.1, -0.05) is 43.2 Å². The van der Waals surface area contributed by atoms with Gasteiger partial charge in [-0.15, -0.1) is 0 Å². The summed E-state index contributed by atoms with van der Waals surface area (Å²) < 4.78 is 0. The highest BCUT2D eigenvalue weighted by molar-refractivity contribution is 5.78. The quantitative estimate of drug-likeness (QED) is 0.775. The number of hydrogen-bond donors (Lipinski definition) is 2. The van der Waals surface area contributed by atoms with E-state index in [0.717, 1.165) is 6.54 Å². The number of likely N-dealkylation sites (N-methyl/N-ethyl adjacent to an activating group) is 1. The number of nitrogens with one attached hydrogen (secondary N) is 1. The van der Waals surface area contributed by atoms with Gasteiger partial charge in [-0.2, -0.15) is 0 Å². The molecule has 2 rings (SSSR count). The van der Waals surface area contributed by atoms with Gasteiger partial charge in [0, 0.05) is 6.54 Å². The highest BCUT2D eigenvalue weighted by Gasteiger charge is 2.27. The van der Waals surface area contributed by atoms with Crippen LogP contribution in [0.4, 0.5) is 0 Å². The second kappa shape index (κ2) is 9.04. The van der Waals surface area contributed by atoms with E-state index in [1.165, 1.54) is 31.2 Å². The van der Waals surface area contributed by atoms with E-state index < -0.39 is 0 Å². The molecule has 1 saturated carbocycles. The third-order valence-electron chi connectivity index (χ3n) is 4.69. The molecule has 0 spiro atoms. The van der Waals surface area contributed by atoms with Gasteiger partial charge >= 0.3 is 0 Å². The molecule has 2 atom stereocenters. The molecule has 23 heavy (non-hydrogen) atoms. The van der Waals surface area contributed by atoms with Gasteiger partial charge in [0.05, 0.1) is 18.7 Å². The largest absolute Gasteiger partial charge is 0.393 e. The minimum absolute atomic E-state index is 0.0684. The van der Waals surface area contributed by atoms with Crippen LogP contribution in [-0.2, 0) is 4.79 Å². The first-order chi connectivity index (χ1) is 11.1. The van der Waals surface area contributed by atoms with Crippen LogP contribution in [0.25, 0.3) is 0 Å². The van der Waals surface area contributed by atoms with Crippen molar-refractivity contribution < 1.29 is 9.90 Å². The summed E-state index contributed by atoms with van der Waals surface area (Å²) in [5.41, 5.74) is 1.21. The van der Waals surface area contributed by atoms with Crippen LogP contribution in [0, 0.1) is 5.92 Å². The standard InChI is InChI=1S/C19H30N2O2/c1-15(22)12-13-21(2)14-18(23)20-19(17-10-6-7-11-17)16-8-4-3-5-9-16/h3-5,8-9,15,17,19,22H,6-7,10-14H2,1-2H3,(H,20,23). The predicted molar refractivity (Wildman–Crippen MR) is 93.1 cm³/mol. The van der Waals surface area contributed by atoms with Crippen molar-refractivity contribution in [1.29, 1.82) is 0 Å². The average Bonchev–Trinajstić information content (AvgIpc) is 3.05. The van der Waals surface area contributed by atoms with E-state index in [-0.39, 0.29) is 18.1 Å². The van der Waals surface area contributed by atoms with Crippen molar-refractivity contribution in [3.8, 4) is 0 Å². The van der Waals surface area contributed by atoms with Crippen LogP contribution in [0.5, 0.6) is 0 Å². The Labute approximate surface area is 139 Å². The van der Waals surface area contributed by atoms with Crippen molar-refractivity contribution >= 4 is 5.91 Å². The maximum Gasteiger partial charge on any atom is 0.234 e. The molecule has 0 saturated heterocycles. The van der Waals surface area contributed by atoms with Crippen LogP contribution in [0.3, 0.4) is 0 Å². The molecule has 1 aromatic rings. The predicted octanol–water partition coefficient (Wildman–Crippen LogP) is 2.74. The molecule has 0 heterocycles. The van der Waals surface area contributed by atoms with Gasteiger partial charge in [0.15, 0.2) is 0 Å². The van der Waals surface area contributed by atoms with Crippen LogP contribution < -0.4 is 5.32 Å². The van der Waals surface area contributed by atoms with Crippen LogP contribution in [0.2, 0.25) is 0 Å². The van der Waals surface area contributed by atoms with Gasteiger partial charge in [-0.25, -0.2) is 0 Å². The van der Waals surface area contributed by atoms with E-state index in [0.29, 0.717) is 18.9 Å². The Hall–Kier alpha value is -1.39. The third kappa shape index (κ3) is 5.96. The number of carbonyl (C=O) groups excluding carboxylic acids is 1. The summed E-state index contributed by atoms with van der Waals surface area (Å²) >= 11 is 0. The average molecular weight is 318 g/mol. The lowest BCUT2D eigenvalue weighted by molar-refractivity contribution is -0.123. The van der Waals surface area contributed by atoms with Gasteiger partial charge < -0.3 is 10.4 Å². The van der Waals surface area contributed by atoms with Gasteiger partial charge in [0.2, 0.25) is 5.91 Å². The molecule has 2 N–H and O–H groups in total.